The SMILES string of the molecule is CC[C@@]1(O)CC[C@H]2[C@@H]3C=C(C)C4=CCC=C[C@]4(C)[C@H]3CC[C@@]21C. The molecule has 0 saturated heterocycles. The number of allylic oxidation sites excluding steroid dienone is 6. The van der Waals surface area contributed by atoms with Gasteiger partial charge in [-0.25, -0.2) is 0 Å². The number of fused-ring (bicyclic) bond motifs is 5. The van der Waals surface area contributed by atoms with E-state index in [0.717, 1.165) is 19.3 Å². The molecule has 1 N–H and O–H groups in total. The number of rotatable bonds is 1. The third-order valence-electron chi connectivity index (χ3n) is 8.38. The highest BCUT2D eigenvalue weighted by Gasteiger charge is 2.62. The highest BCUT2D eigenvalue weighted by atomic mass is 16.3. The molecule has 0 bridgehead atoms. The standard InChI is InChI=1S/C22H32O/c1-5-22(23)13-10-19-16-14-15(2)17-8-6-7-11-20(17,3)18(16)9-12-21(19,22)4/h7-8,11,14,16,18-19,23H,5-6,9-10,12-13H2,1-4H3/t16-,18+,19+,20+,21+,22-/m1/s1. The predicted molar refractivity (Wildman–Crippen MR) is 96.0 cm³/mol. The number of hydrogen-bond donors (Lipinski definition) is 1. The Kier molecular flexibility index (Phi) is 3.31. The van der Waals surface area contributed by atoms with E-state index in [2.05, 4.69) is 52.0 Å². The van der Waals surface area contributed by atoms with E-state index in [9.17, 15) is 5.11 Å². The fourth-order valence-electron chi connectivity index (χ4n) is 6.92. The Morgan fingerprint density at radius 1 is 1.17 bits per heavy atom. The highest BCUT2D eigenvalue weighted by Crippen LogP contribution is 2.66. The van der Waals surface area contributed by atoms with E-state index in [1.807, 2.05) is 0 Å². The second-order valence-electron chi connectivity index (χ2n) is 9.06. The molecular formula is C22H32O. The molecule has 4 aliphatic rings. The van der Waals surface area contributed by atoms with Gasteiger partial charge < -0.3 is 5.11 Å². The van der Waals surface area contributed by atoms with Gasteiger partial charge in [0.2, 0.25) is 0 Å². The maximum atomic E-state index is 11.3. The van der Waals surface area contributed by atoms with Gasteiger partial charge in [0.1, 0.15) is 0 Å². The Morgan fingerprint density at radius 3 is 2.65 bits per heavy atom. The van der Waals surface area contributed by atoms with Crippen molar-refractivity contribution < 1.29 is 5.11 Å². The Balaban J connectivity index is 1.79. The van der Waals surface area contributed by atoms with Crippen molar-refractivity contribution >= 4 is 0 Å². The third kappa shape index (κ3) is 1.83. The molecule has 0 amide bonds. The molecule has 0 aliphatic heterocycles. The monoisotopic (exact) mass is 312 g/mol. The normalized spacial score (nSPS) is 51.4. The molecule has 0 heterocycles. The summed E-state index contributed by atoms with van der Waals surface area (Å²) in [5.41, 5.74) is 2.96. The van der Waals surface area contributed by atoms with Crippen LogP contribution >= 0.6 is 0 Å². The first-order valence-electron chi connectivity index (χ1n) is 9.65. The molecule has 0 unspecified atom stereocenters. The quantitative estimate of drug-likeness (QED) is 0.641. The van der Waals surface area contributed by atoms with Gasteiger partial charge in [-0.2, -0.15) is 0 Å². The highest BCUT2D eigenvalue weighted by molar-refractivity contribution is 5.46. The second kappa shape index (κ2) is 4.85. The van der Waals surface area contributed by atoms with Crippen LogP contribution in [0.4, 0.5) is 0 Å². The van der Waals surface area contributed by atoms with Crippen molar-refractivity contribution in [3.8, 4) is 0 Å². The molecule has 0 aromatic carbocycles. The van der Waals surface area contributed by atoms with Crippen molar-refractivity contribution in [2.45, 2.75) is 71.8 Å². The Morgan fingerprint density at radius 2 is 1.91 bits per heavy atom. The van der Waals surface area contributed by atoms with Gasteiger partial charge in [-0.15, -0.1) is 0 Å². The van der Waals surface area contributed by atoms with E-state index in [4.69, 9.17) is 0 Å². The van der Waals surface area contributed by atoms with Crippen LogP contribution in [-0.4, -0.2) is 10.7 Å². The molecule has 2 saturated carbocycles. The summed E-state index contributed by atoms with van der Waals surface area (Å²) in [6.45, 7) is 9.34. The number of aliphatic hydroxyl groups is 1. The summed E-state index contributed by atoms with van der Waals surface area (Å²) in [4.78, 5) is 0. The van der Waals surface area contributed by atoms with Crippen LogP contribution in [0, 0.1) is 28.6 Å². The predicted octanol–water partition coefficient (Wildman–Crippen LogP) is 5.42. The first-order chi connectivity index (χ1) is 10.9. The van der Waals surface area contributed by atoms with Crippen LogP contribution < -0.4 is 0 Å². The van der Waals surface area contributed by atoms with Crippen molar-refractivity contribution in [2.24, 2.45) is 28.6 Å². The van der Waals surface area contributed by atoms with Crippen molar-refractivity contribution in [1.82, 2.24) is 0 Å². The summed E-state index contributed by atoms with van der Waals surface area (Å²) in [6, 6.07) is 0. The lowest BCUT2D eigenvalue weighted by Crippen LogP contribution is -2.53. The summed E-state index contributed by atoms with van der Waals surface area (Å²) in [6.07, 6.45) is 16.5. The topological polar surface area (TPSA) is 20.2 Å². The lowest BCUT2D eigenvalue weighted by Gasteiger charge is -2.57. The smallest absolute Gasteiger partial charge is 0.0701 e. The average Bonchev–Trinajstić information content (AvgIpc) is 2.80. The first-order valence-corrected chi connectivity index (χ1v) is 9.65. The minimum atomic E-state index is -0.441. The van der Waals surface area contributed by atoms with Crippen molar-refractivity contribution in [2.75, 3.05) is 0 Å². The molecular weight excluding hydrogens is 280 g/mol. The van der Waals surface area contributed by atoms with Gasteiger partial charge >= 0.3 is 0 Å². The second-order valence-corrected chi connectivity index (χ2v) is 9.06. The fraction of sp³-hybridized carbons (Fsp3) is 0.727. The van der Waals surface area contributed by atoms with Crippen LogP contribution in [0.15, 0.2) is 35.5 Å². The Hall–Kier alpha value is -0.820. The van der Waals surface area contributed by atoms with Crippen LogP contribution in [0.25, 0.3) is 0 Å². The molecule has 23 heavy (non-hydrogen) atoms. The number of hydrogen-bond acceptors (Lipinski definition) is 1. The van der Waals surface area contributed by atoms with Crippen LogP contribution in [0.5, 0.6) is 0 Å². The van der Waals surface area contributed by atoms with Crippen molar-refractivity contribution in [3.63, 3.8) is 0 Å². The molecule has 2 fully saturated rings. The van der Waals surface area contributed by atoms with Crippen LogP contribution in [0.2, 0.25) is 0 Å². The minimum Gasteiger partial charge on any atom is -0.389 e. The first kappa shape index (κ1) is 15.7. The van der Waals surface area contributed by atoms with Gasteiger partial charge in [0.15, 0.2) is 0 Å². The molecule has 6 atom stereocenters. The van der Waals surface area contributed by atoms with Gasteiger partial charge in [-0.05, 0) is 74.2 Å². The fourth-order valence-corrected chi connectivity index (χ4v) is 6.92. The molecule has 4 rings (SSSR count). The third-order valence-corrected chi connectivity index (χ3v) is 8.38. The molecule has 126 valence electrons. The van der Waals surface area contributed by atoms with E-state index < -0.39 is 5.60 Å². The van der Waals surface area contributed by atoms with E-state index in [1.54, 1.807) is 5.57 Å². The van der Waals surface area contributed by atoms with Gasteiger partial charge in [0.05, 0.1) is 5.60 Å². The maximum Gasteiger partial charge on any atom is 0.0701 e. The zero-order chi connectivity index (χ0) is 16.5. The van der Waals surface area contributed by atoms with Crippen molar-refractivity contribution in [1.29, 1.82) is 0 Å². The summed E-state index contributed by atoms with van der Waals surface area (Å²) >= 11 is 0. The lowest BCUT2D eigenvalue weighted by atomic mass is 9.48. The summed E-state index contributed by atoms with van der Waals surface area (Å²) in [5, 5.41) is 11.3. The minimum absolute atomic E-state index is 0.107. The Bertz CT molecular complexity index is 611. The maximum absolute atomic E-state index is 11.3. The molecule has 4 aliphatic carbocycles. The molecule has 0 aromatic heterocycles. The zero-order valence-electron chi connectivity index (χ0n) is 15.2. The summed E-state index contributed by atoms with van der Waals surface area (Å²) in [7, 11) is 0. The summed E-state index contributed by atoms with van der Waals surface area (Å²) in [5.74, 6) is 2.00. The van der Waals surface area contributed by atoms with Gasteiger partial charge in [-0.1, -0.05) is 50.6 Å². The zero-order valence-corrected chi connectivity index (χ0v) is 15.2. The molecule has 1 heteroatoms. The summed E-state index contributed by atoms with van der Waals surface area (Å²) < 4.78 is 0. The van der Waals surface area contributed by atoms with Crippen LogP contribution in [-0.2, 0) is 0 Å². The van der Waals surface area contributed by atoms with Gasteiger partial charge in [0.25, 0.3) is 0 Å². The largest absolute Gasteiger partial charge is 0.389 e. The van der Waals surface area contributed by atoms with E-state index in [0.29, 0.717) is 17.8 Å². The van der Waals surface area contributed by atoms with Crippen LogP contribution in [0.3, 0.4) is 0 Å². The molecule has 0 spiro atoms. The molecule has 1 nitrogen and oxygen atoms in total. The van der Waals surface area contributed by atoms with E-state index in [-0.39, 0.29) is 10.8 Å². The Labute approximate surface area is 141 Å². The molecule has 0 aromatic rings. The molecule has 0 radical (unpaired) electrons. The van der Waals surface area contributed by atoms with Gasteiger partial charge in [0, 0.05) is 5.41 Å². The van der Waals surface area contributed by atoms with E-state index in [1.165, 1.54) is 24.8 Å². The van der Waals surface area contributed by atoms with Crippen molar-refractivity contribution in [3.05, 3.63) is 35.5 Å². The average molecular weight is 312 g/mol. The lowest BCUT2D eigenvalue weighted by molar-refractivity contribution is -0.111. The van der Waals surface area contributed by atoms with E-state index >= 15 is 0 Å². The van der Waals surface area contributed by atoms with Gasteiger partial charge in [-0.3, -0.25) is 0 Å². The van der Waals surface area contributed by atoms with Crippen LogP contribution in [0.1, 0.15) is 66.2 Å².